The Kier molecular flexibility index (Phi) is 5.43. The number of nitrogens with one attached hydrogen (secondary N) is 2. The first-order valence-electron chi connectivity index (χ1n) is 8.08. The number of hydrogen-bond donors (Lipinski definition) is 2. The van der Waals surface area contributed by atoms with Gasteiger partial charge in [-0.3, -0.25) is 0 Å². The van der Waals surface area contributed by atoms with Gasteiger partial charge in [0, 0.05) is 0 Å². The Balaban J connectivity index is 1.84. The number of aromatic nitrogens is 2. The summed E-state index contributed by atoms with van der Waals surface area (Å²) < 4.78 is 31.5. The van der Waals surface area contributed by atoms with E-state index >= 15 is 0 Å². The molecule has 9 heteroatoms. The molecule has 1 heterocycles. The summed E-state index contributed by atoms with van der Waals surface area (Å²) in [5.41, 5.74) is 1.83. The van der Waals surface area contributed by atoms with Crippen LogP contribution in [0.2, 0.25) is 0 Å². The molecule has 1 aromatic heterocycles. The van der Waals surface area contributed by atoms with Gasteiger partial charge in [-0.15, -0.1) is 0 Å². The zero-order valence-corrected chi connectivity index (χ0v) is 16.0. The highest BCUT2D eigenvalue weighted by molar-refractivity contribution is 7.92. The van der Waals surface area contributed by atoms with Crippen molar-refractivity contribution in [2.75, 3.05) is 11.4 Å². The van der Waals surface area contributed by atoms with Crippen LogP contribution in [0.5, 0.6) is 0 Å². The molecule has 27 heavy (non-hydrogen) atoms. The smallest absolute Gasteiger partial charge is 0.338 e. The van der Waals surface area contributed by atoms with E-state index in [1.165, 1.54) is 28.9 Å². The van der Waals surface area contributed by atoms with E-state index in [0.717, 1.165) is 5.56 Å². The van der Waals surface area contributed by atoms with Crippen LogP contribution in [0.15, 0.2) is 65.7 Å². The highest BCUT2D eigenvalue weighted by atomic mass is 32.2. The molecule has 0 unspecified atom stereocenters. The molecule has 0 aliphatic heterocycles. The van der Waals surface area contributed by atoms with Crippen LogP contribution < -0.4 is 4.83 Å². The monoisotopic (exact) mass is 403 g/mol. The zero-order chi connectivity index (χ0) is 19.4. The maximum atomic E-state index is 12.6. The second-order valence-electron chi connectivity index (χ2n) is 5.55. The first-order valence-corrected chi connectivity index (χ1v) is 9.97. The summed E-state index contributed by atoms with van der Waals surface area (Å²) in [6.07, 6.45) is 1.57. The van der Waals surface area contributed by atoms with Gasteiger partial charge in [-0.1, -0.05) is 30.3 Å². The third-order valence-electron chi connectivity index (χ3n) is 3.70. The number of nitrogens with zero attached hydrogens (tertiary/aromatic N) is 1. The molecule has 2 N–H and O–H groups in total. The molecule has 0 spiro atoms. The van der Waals surface area contributed by atoms with Gasteiger partial charge in [-0.25, -0.2) is 14.3 Å². The third kappa shape index (κ3) is 4.26. The number of carbonyl (C=O) groups excluding carboxylic acids is 1. The van der Waals surface area contributed by atoms with Crippen molar-refractivity contribution in [3.63, 3.8) is 0 Å². The maximum absolute atomic E-state index is 12.6. The molecule has 0 amide bonds. The molecule has 140 valence electrons. The van der Waals surface area contributed by atoms with Crippen molar-refractivity contribution in [1.82, 2.24) is 9.66 Å². The number of aromatic amines is 1. The predicted octanol–water partition coefficient (Wildman–Crippen LogP) is 3.32. The minimum atomic E-state index is -3.89. The molecule has 0 bridgehead atoms. The number of esters is 1. The average molecular weight is 403 g/mol. The van der Waals surface area contributed by atoms with Gasteiger partial charge >= 0.3 is 5.97 Å². The molecule has 0 atom stereocenters. The Labute approximate surface area is 161 Å². The first kappa shape index (κ1) is 18.9. The second-order valence-corrected chi connectivity index (χ2v) is 7.60. The maximum Gasteiger partial charge on any atom is 0.338 e. The third-order valence-corrected chi connectivity index (χ3v) is 5.33. The number of imidazole rings is 1. The quantitative estimate of drug-likeness (QED) is 0.486. The van der Waals surface area contributed by atoms with Crippen molar-refractivity contribution in [1.29, 1.82) is 0 Å². The molecular weight excluding hydrogens is 386 g/mol. The summed E-state index contributed by atoms with van der Waals surface area (Å²) >= 11 is 5.19. The number of benzene rings is 2. The molecule has 3 rings (SSSR count). The minimum Gasteiger partial charge on any atom is -0.462 e. The summed E-state index contributed by atoms with van der Waals surface area (Å²) in [5.74, 6) is -0.505. The molecule has 2 aromatic carbocycles. The number of hydrogen-bond acceptors (Lipinski definition) is 5. The molecule has 0 aliphatic carbocycles. The lowest BCUT2D eigenvalue weighted by atomic mass is 10.2. The van der Waals surface area contributed by atoms with Gasteiger partial charge in [0.2, 0.25) is 0 Å². The Bertz CT molecular complexity index is 1100. The van der Waals surface area contributed by atoms with E-state index in [9.17, 15) is 13.2 Å². The molecule has 7 nitrogen and oxygen atoms in total. The molecule has 0 aliphatic rings. The van der Waals surface area contributed by atoms with E-state index in [1.807, 2.05) is 30.3 Å². The van der Waals surface area contributed by atoms with Crippen LogP contribution in [0.3, 0.4) is 0 Å². The highest BCUT2D eigenvalue weighted by Crippen LogP contribution is 2.18. The molecular formula is C18H17N3O4S2. The van der Waals surface area contributed by atoms with Gasteiger partial charge in [0.25, 0.3) is 10.0 Å². The normalized spacial score (nSPS) is 11.1. The summed E-state index contributed by atoms with van der Waals surface area (Å²) in [4.78, 5) is 17.0. The minimum absolute atomic E-state index is 0.0000837. The van der Waals surface area contributed by atoms with Crippen LogP contribution in [0.1, 0.15) is 17.3 Å². The largest absolute Gasteiger partial charge is 0.462 e. The summed E-state index contributed by atoms with van der Waals surface area (Å²) in [7, 11) is -3.89. The van der Waals surface area contributed by atoms with Gasteiger partial charge in [0.05, 0.1) is 29.0 Å². The first-order chi connectivity index (χ1) is 12.9. The molecule has 0 saturated heterocycles. The number of carbonyl (C=O) groups is 1. The van der Waals surface area contributed by atoms with Gasteiger partial charge in [0.15, 0.2) is 4.77 Å². The Morgan fingerprint density at radius 3 is 2.44 bits per heavy atom. The van der Waals surface area contributed by atoms with E-state index in [2.05, 4.69) is 9.82 Å². The van der Waals surface area contributed by atoms with Crippen LogP contribution in [-0.4, -0.2) is 30.7 Å². The zero-order valence-electron chi connectivity index (χ0n) is 14.4. The van der Waals surface area contributed by atoms with Crippen molar-refractivity contribution < 1.29 is 17.9 Å². The number of H-pyrrole nitrogens is 1. The number of rotatable bonds is 6. The fraction of sp³-hybridized carbons (Fsp3) is 0.111. The predicted molar refractivity (Wildman–Crippen MR) is 104 cm³/mol. The van der Waals surface area contributed by atoms with E-state index < -0.39 is 16.0 Å². The number of ether oxygens (including phenoxy) is 1. The van der Waals surface area contributed by atoms with Crippen LogP contribution >= 0.6 is 12.2 Å². The standard InChI is InChI=1S/C18H17N3O4S2/c1-2-25-17(22)14-8-10-15(11-9-14)27(23,24)20-21-12-16(19-18(21)26)13-6-4-3-5-7-13/h3-12,20H,2H2,1H3,(H,19,26). The molecule has 3 aromatic rings. The van der Waals surface area contributed by atoms with Gasteiger partial charge in [0.1, 0.15) is 0 Å². The van der Waals surface area contributed by atoms with E-state index in [0.29, 0.717) is 5.69 Å². The summed E-state index contributed by atoms with van der Waals surface area (Å²) in [5, 5.41) is 0. The van der Waals surface area contributed by atoms with Crippen molar-refractivity contribution in [3.8, 4) is 11.3 Å². The fourth-order valence-corrected chi connectivity index (χ4v) is 3.66. The van der Waals surface area contributed by atoms with Crippen molar-refractivity contribution >= 4 is 28.2 Å². The van der Waals surface area contributed by atoms with Crippen molar-refractivity contribution in [3.05, 3.63) is 71.1 Å². The van der Waals surface area contributed by atoms with Crippen LogP contribution in [-0.2, 0) is 14.8 Å². The van der Waals surface area contributed by atoms with Gasteiger partial charge < -0.3 is 9.72 Å². The van der Waals surface area contributed by atoms with E-state index in [4.69, 9.17) is 17.0 Å². The van der Waals surface area contributed by atoms with E-state index in [-0.39, 0.29) is 21.8 Å². The Hall–Kier alpha value is -2.91. The molecule has 0 saturated carbocycles. The topological polar surface area (TPSA) is 93.2 Å². The fourth-order valence-electron chi connectivity index (χ4n) is 2.39. The summed E-state index contributed by atoms with van der Waals surface area (Å²) in [6.45, 7) is 1.95. The van der Waals surface area contributed by atoms with E-state index in [1.54, 1.807) is 13.1 Å². The van der Waals surface area contributed by atoms with Crippen LogP contribution in [0.25, 0.3) is 11.3 Å². The number of sulfonamides is 1. The average Bonchev–Trinajstić information content (AvgIpc) is 3.03. The van der Waals surface area contributed by atoms with Crippen molar-refractivity contribution in [2.45, 2.75) is 11.8 Å². The lowest BCUT2D eigenvalue weighted by molar-refractivity contribution is 0.0526. The second kappa shape index (κ2) is 7.77. The molecule has 0 radical (unpaired) electrons. The Morgan fingerprint density at radius 2 is 1.81 bits per heavy atom. The Morgan fingerprint density at radius 1 is 1.15 bits per heavy atom. The van der Waals surface area contributed by atoms with Crippen LogP contribution in [0.4, 0.5) is 0 Å². The van der Waals surface area contributed by atoms with Crippen LogP contribution in [0, 0.1) is 4.77 Å². The van der Waals surface area contributed by atoms with Gasteiger partial charge in [-0.05, 0) is 49.0 Å². The SMILES string of the molecule is CCOC(=O)c1ccc(S(=O)(=O)Nn2cc(-c3ccccc3)[nH]c2=S)cc1. The highest BCUT2D eigenvalue weighted by Gasteiger charge is 2.17. The summed E-state index contributed by atoms with van der Waals surface area (Å²) in [6, 6.07) is 14.9. The lowest BCUT2D eigenvalue weighted by Crippen LogP contribution is -2.22. The van der Waals surface area contributed by atoms with Gasteiger partial charge in [-0.2, -0.15) is 8.42 Å². The lowest BCUT2D eigenvalue weighted by Gasteiger charge is -2.09. The molecule has 0 fully saturated rings. The van der Waals surface area contributed by atoms with Crippen molar-refractivity contribution in [2.24, 2.45) is 0 Å².